The van der Waals surface area contributed by atoms with Crippen LogP contribution in [0.15, 0.2) is 48.5 Å². The third kappa shape index (κ3) is 5.30. The standard InChI is InChI=1S/C20H21ClF3NO2/c1-19(27-16-8-6-15(21)7-9-16)10-11-25(14-19)12-13-26-18-5-3-2-4-17(18)20(22,23)24/h2-9H,10-14H2,1H3. The summed E-state index contributed by atoms with van der Waals surface area (Å²) < 4.78 is 50.5. The maximum atomic E-state index is 13.0. The Bertz CT molecular complexity index is 767. The van der Waals surface area contributed by atoms with Crippen LogP contribution in [0.3, 0.4) is 0 Å². The quantitative estimate of drug-likeness (QED) is 0.659. The summed E-state index contributed by atoms with van der Waals surface area (Å²) in [7, 11) is 0. The highest BCUT2D eigenvalue weighted by Gasteiger charge is 2.36. The minimum Gasteiger partial charge on any atom is -0.492 e. The molecule has 0 amide bonds. The first kappa shape index (κ1) is 19.8. The number of alkyl halides is 3. The molecular weight excluding hydrogens is 379 g/mol. The number of rotatable bonds is 6. The molecule has 27 heavy (non-hydrogen) atoms. The zero-order valence-electron chi connectivity index (χ0n) is 14.9. The Kier molecular flexibility index (Phi) is 5.86. The SMILES string of the molecule is CC1(Oc2ccc(Cl)cc2)CCN(CCOc2ccccc2C(F)(F)F)C1. The molecule has 1 heterocycles. The van der Waals surface area contributed by atoms with Gasteiger partial charge in [0.25, 0.3) is 0 Å². The summed E-state index contributed by atoms with van der Waals surface area (Å²) in [5.74, 6) is 0.614. The Morgan fingerprint density at radius 1 is 1.11 bits per heavy atom. The monoisotopic (exact) mass is 399 g/mol. The molecule has 1 atom stereocenters. The molecule has 0 bridgehead atoms. The van der Waals surface area contributed by atoms with E-state index < -0.39 is 11.7 Å². The van der Waals surface area contributed by atoms with Gasteiger partial charge in [-0.1, -0.05) is 23.7 Å². The first-order valence-electron chi connectivity index (χ1n) is 8.71. The highest BCUT2D eigenvalue weighted by molar-refractivity contribution is 6.30. The van der Waals surface area contributed by atoms with Crippen molar-refractivity contribution in [3.63, 3.8) is 0 Å². The summed E-state index contributed by atoms with van der Waals surface area (Å²) in [6.07, 6.45) is -3.59. The molecule has 1 saturated heterocycles. The van der Waals surface area contributed by atoms with E-state index in [1.54, 1.807) is 12.1 Å². The lowest BCUT2D eigenvalue weighted by Gasteiger charge is -2.26. The molecule has 0 N–H and O–H groups in total. The van der Waals surface area contributed by atoms with Gasteiger partial charge in [0.15, 0.2) is 0 Å². The third-order valence-electron chi connectivity index (χ3n) is 4.55. The van der Waals surface area contributed by atoms with Crippen LogP contribution in [0.1, 0.15) is 18.9 Å². The summed E-state index contributed by atoms with van der Waals surface area (Å²) >= 11 is 5.89. The minimum atomic E-state index is -4.42. The molecule has 2 aromatic rings. The maximum absolute atomic E-state index is 13.0. The summed E-state index contributed by atoms with van der Waals surface area (Å²) in [5.41, 5.74) is -1.10. The smallest absolute Gasteiger partial charge is 0.419 e. The fourth-order valence-electron chi connectivity index (χ4n) is 3.20. The van der Waals surface area contributed by atoms with Crippen LogP contribution in [0, 0.1) is 0 Å². The van der Waals surface area contributed by atoms with E-state index in [0.29, 0.717) is 18.1 Å². The first-order valence-corrected chi connectivity index (χ1v) is 9.09. The zero-order valence-corrected chi connectivity index (χ0v) is 15.7. The Morgan fingerprint density at radius 3 is 2.52 bits per heavy atom. The highest BCUT2D eigenvalue weighted by atomic mass is 35.5. The van der Waals surface area contributed by atoms with Crippen molar-refractivity contribution in [2.75, 3.05) is 26.2 Å². The predicted molar refractivity (Wildman–Crippen MR) is 98.5 cm³/mol. The Balaban J connectivity index is 1.51. The number of benzene rings is 2. The number of hydrogen-bond acceptors (Lipinski definition) is 3. The second kappa shape index (κ2) is 7.98. The Hall–Kier alpha value is -1.92. The van der Waals surface area contributed by atoms with Crippen LogP contribution >= 0.6 is 11.6 Å². The number of nitrogens with zero attached hydrogens (tertiary/aromatic N) is 1. The van der Waals surface area contributed by atoms with E-state index in [2.05, 4.69) is 4.90 Å². The van der Waals surface area contributed by atoms with Gasteiger partial charge in [-0.3, -0.25) is 4.90 Å². The van der Waals surface area contributed by atoms with Crippen LogP contribution in [0.5, 0.6) is 11.5 Å². The molecule has 3 rings (SSSR count). The van der Waals surface area contributed by atoms with Gasteiger partial charge in [0, 0.05) is 31.1 Å². The van der Waals surface area contributed by atoms with Crippen LogP contribution in [-0.4, -0.2) is 36.7 Å². The first-order chi connectivity index (χ1) is 12.8. The molecule has 1 fully saturated rings. The third-order valence-corrected chi connectivity index (χ3v) is 4.80. The second-order valence-electron chi connectivity index (χ2n) is 6.87. The predicted octanol–water partition coefficient (Wildman–Crippen LogP) is 5.28. The molecule has 0 radical (unpaired) electrons. The zero-order chi connectivity index (χ0) is 19.5. The van der Waals surface area contributed by atoms with Crippen molar-refractivity contribution in [3.05, 3.63) is 59.1 Å². The van der Waals surface area contributed by atoms with Crippen molar-refractivity contribution in [2.45, 2.75) is 25.1 Å². The van der Waals surface area contributed by atoms with Crippen molar-refractivity contribution >= 4 is 11.6 Å². The molecule has 1 aliphatic heterocycles. The molecule has 2 aromatic carbocycles. The fourth-order valence-corrected chi connectivity index (χ4v) is 3.32. The van der Waals surface area contributed by atoms with Crippen LogP contribution in [0.4, 0.5) is 13.2 Å². The summed E-state index contributed by atoms with van der Waals surface area (Å²) in [5, 5.41) is 0.650. The largest absolute Gasteiger partial charge is 0.492 e. The van der Waals surface area contributed by atoms with Gasteiger partial charge in [-0.25, -0.2) is 0 Å². The fraction of sp³-hybridized carbons (Fsp3) is 0.400. The van der Waals surface area contributed by atoms with Crippen LogP contribution in [0.25, 0.3) is 0 Å². The van der Waals surface area contributed by atoms with Gasteiger partial charge in [0.2, 0.25) is 0 Å². The summed E-state index contributed by atoms with van der Waals surface area (Å²) in [6.45, 7) is 4.23. The Morgan fingerprint density at radius 2 is 1.81 bits per heavy atom. The number of ether oxygens (including phenoxy) is 2. The minimum absolute atomic E-state index is 0.135. The van der Waals surface area contributed by atoms with Crippen molar-refractivity contribution < 1.29 is 22.6 Å². The van der Waals surface area contributed by atoms with E-state index in [0.717, 1.165) is 24.8 Å². The molecule has 0 aromatic heterocycles. The van der Waals surface area contributed by atoms with Gasteiger partial charge in [0.05, 0.1) is 5.56 Å². The van der Waals surface area contributed by atoms with Gasteiger partial charge >= 0.3 is 6.18 Å². The average Bonchev–Trinajstić information content (AvgIpc) is 2.97. The topological polar surface area (TPSA) is 21.7 Å². The van der Waals surface area contributed by atoms with Crippen molar-refractivity contribution in [1.82, 2.24) is 4.90 Å². The molecule has 0 spiro atoms. The Labute approximate surface area is 161 Å². The van der Waals surface area contributed by atoms with Crippen LogP contribution < -0.4 is 9.47 Å². The normalized spacial score (nSPS) is 20.6. The molecule has 1 unspecified atom stereocenters. The molecule has 7 heteroatoms. The van der Waals surface area contributed by atoms with E-state index in [4.69, 9.17) is 21.1 Å². The number of likely N-dealkylation sites (tertiary alicyclic amines) is 1. The molecule has 1 aliphatic rings. The lowest BCUT2D eigenvalue weighted by atomic mass is 10.1. The van der Waals surface area contributed by atoms with Crippen LogP contribution in [-0.2, 0) is 6.18 Å². The molecule has 0 aliphatic carbocycles. The number of para-hydroxylation sites is 1. The van der Waals surface area contributed by atoms with Crippen molar-refractivity contribution in [2.24, 2.45) is 0 Å². The van der Waals surface area contributed by atoms with E-state index >= 15 is 0 Å². The molecule has 0 saturated carbocycles. The average molecular weight is 400 g/mol. The highest BCUT2D eigenvalue weighted by Crippen LogP contribution is 2.36. The van der Waals surface area contributed by atoms with Gasteiger partial charge in [-0.05, 0) is 43.3 Å². The molecule has 146 valence electrons. The van der Waals surface area contributed by atoms with Gasteiger partial charge in [-0.15, -0.1) is 0 Å². The number of hydrogen-bond donors (Lipinski definition) is 0. The van der Waals surface area contributed by atoms with Gasteiger partial charge in [-0.2, -0.15) is 13.2 Å². The lowest BCUT2D eigenvalue weighted by molar-refractivity contribution is -0.139. The second-order valence-corrected chi connectivity index (χ2v) is 7.31. The lowest BCUT2D eigenvalue weighted by Crippen LogP contribution is -2.37. The van der Waals surface area contributed by atoms with E-state index in [-0.39, 0.29) is 18.0 Å². The van der Waals surface area contributed by atoms with E-state index in [1.165, 1.54) is 18.2 Å². The maximum Gasteiger partial charge on any atom is 0.419 e. The van der Waals surface area contributed by atoms with E-state index in [1.807, 2.05) is 19.1 Å². The summed E-state index contributed by atoms with van der Waals surface area (Å²) in [4.78, 5) is 2.13. The van der Waals surface area contributed by atoms with Crippen molar-refractivity contribution in [3.8, 4) is 11.5 Å². The molecular formula is C20H21ClF3NO2. The van der Waals surface area contributed by atoms with Crippen molar-refractivity contribution in [1.29, 1.82) is 0 Å². The van der Waals surface area contributed by atoms with Gasteiger partial charge < -0.3 is 9.47 Å². The summed E-state index contributed by atoms with van der Waals surface area (Å²) in [6, 6.07) is 12.5. The number of halogens is 4. The van der Waals surface area contributed by atoms with Crippen LogP contribution in [0.2, 0.25) is 5.02 Å². The molecule has 3 nitrogen and oxygen atoms in total. The van der Waals surface area contributed by atoms with E-state index in [9.17, 15) is 13.2 Å². The van der Waals surface area contributed by atoms with Gasteiger partial charge in [0.1, 0.15) is 23.7 Å².